The van der Waals surface area contributed by atoms with Crippen LogP contribution in [0.15, 0.2) is 97.1 Å². The number of cyclic esters (lactones) is 1. The van der Waals surface area contributed by atoms with Crippen molar-refractivity contribution in [1.29, 1.82) is 0 Å². The third kappa shape index (κ3) is 8.62. The summed E-state index contributed by atoms with van der Waals surface area (Å²) in [6, 6.07) is 28.6. The Kier molecular flexibility index (Phi) is 12.5. The number of fused-ring (bicyclic) bond motifs is 5. The lowest BCUT2D eigenvalue weighted by molar-refractivity contribution is -0.157. The summed E-state index contributed by atoms with van der Waals surface area (Å²) in [7, 11) is -2.93. The number of amides is 3. The minimum absolute atomic E-state index is 0.0490. The van der Waals surface area contributed by atoms with E-state index in [1.165, 1.54) is 15.4 Å². The van der Waals surface area contributed by atoms with E-state index in [0.717, 1.165) is 16.5 Å². The average Bonchev–Trinajstić information content (AvgIpc) is 3.47. The molecule has 11 nitrogen and oxygen atoms in total. The molecule has 3 aromatic carbocycles. The van der Waals surface area contributed by atoms with E-state index in [4.69, 9.17) is 14.1 Å². The molecule has 3 N–H and O–H groups in total. The van der Waals surface area contributed by atoms with E-state index >= 15 is 0 Å². The summed E-state index contributed by atoms with van der Waals surface area (Å²) in [4.78, 5) is 59.5. The van der Waals surface area contributed by atoms with Crippen molar-refractivity contribution in [3.63, 3.8) is 0 Å². The Labute approximate surface area is 348 Å². The van der Waals surface area contributed by atoms with Crippen LogP contribution in [0, 0.1) is 11.8 Å². The Balaban J connectivity index is 1.25. The van der Waals surface area contributed by atoms with Crippen molar-refractivity contribution in [3.05, 3.63) is 108 Å². The first-order valence-electron chi connectivity index (χ1n) is 21.0. The van der Waals surface area contributed by atoms with Gasteiger partial charge in [-0.3, -0.25) is 24.2 Å². The topological polar surface area (TPSA) is 139 Å². The van der Waals surface area contributed by atoms with Crippen LogP contribution >= 0.6 is 0 Å². The smallest absolute Gasteiger partial charge is 0.325 e. The van der Waals surface area contributed by atoms with E-state index in [2.05, 4.69) is 96.7 Å². The fourth-order valence-corrected chi connectivity index (χ4v) is 14.5. The van der Waals surface area contributed by atoms with Crippen LogP contribution in [0.25, 0.3) is 17.0 Å². The Bertz CT molecular complexity index is 2160. The van der Waals surface area contributed by atoms with Gasteiger partial charge in [0.2, 0.25) is 11.8 Å². The number of nitrogens with zero attached hydrogens (tertiary/aromatic N) is 2. The van der Waals surface area contributed by atoms with Gasteiger partial charge in [-0.25, -0.2) is 10.4 Å². The molecule has 2 unspecified atom stereocenters. The van der Waals surface area contributed by atoms with Crippen molar-refractivity contribution in [3.8, 4) is 0 Å². The number of pyridine rings is 1. The van der Waals surface area contributed by atoms with Crippen LogP contribution in [0.5, 0.6) is 0 Å². The van der Waals surface area contributed by atoms with Gasteiger partial charge in [0.1, 0.15) is 24.2 Å². The van der Waals surface area contributed by atoms with E-state index < -0.39 is 44.4 Å². The Hall–Kier alpha value is -5.17. The maximum absolute atomic E-state index is 13.8. The normalized spacial score (nSPS) is 27.3. The number of hydrogen-bond acceptors (Lipinski definition) is 8. The molecule has 59 heavy (non-hydrogen) atoms. The van der Waals surface area contributed by atoms with Crippen LogP contribution in [0.1, 0.15) is 91.0 Å². The molecule has 5 bridgehead atoms. The SMILES string of the molecule is CC(C)[C@@H]1NC(=O)CCC2O[Si](c3ccccc3)(c3ccccc3)C(C)(C)C2C/C=C/c2ccc3ccc(nc3c2)[C@@H](C)OC(=O)[C@@H]2CCCN(N2)C(=O)[C@H](C)NC1=O. The largest absolute Gasteiger partial charge is 0.455 e. The van der Waals surface area contributed by atoms with Gasteiger partial charge in [0.15, 0.2) is 0 Å². The molecule has 0 spiro atoms. The molecule has 3 amide bonds. The zero-order valence-corrected chi connectivity index (χ0v) is 35.9. The van der Waals surface area contributed by atoms with Gasteiger partial charge >= 0.3 is 5.97 Å². The van der Waals surface area contributed by atoms with E-state index in [-0.39, 0.29) is 41.2 Å². The predicted octanol–water partition coefficient (Wildman–Crippen LogP) is 5.73. The van der Waals surface area contributed by atoms with Crippen LogP contribution in [-0.4, -0.2) is 72.8 Å². The second-order valence-electron chi connectivity index (χ2n) is 17.2. The Morgan fingerprint density at radius 3 is 2.22 bits per heavy atom. The highest BCUT2D eigenvalue weighted by atomic mass is 28.4. The number of esters is 1. The molecule has 3 aliphatic heterocycles. The maximum Gasteiger partial charge on any atom is 0.325 e. The van der Waals surface area contributed by atoms with Crippen molar-refractivity contribution in [2.24, 2.45) is 11.8 Å². The van der Waals surface area contributed by atoms with Crippen LogP contribution in [0.3, 0.4) is 0 Å². The van der Waals surface area contributed by atoms with Crippen LogP contribution in [-0.2, 0) is 28.3 Å². The summed E-state index contributed by atoms with van der Waals surface area (Å²) in [6.07, 6.45) is 5.85. The molecular formula is C47H57N5O6Si. The van der Waals surface area contributed by atoms with Gasteiger partial charge in [0, 0.05) is 24.5 Å². The third-order valence-electron chi connectivity index (χ3n) is 12.5. The number of ether oxygens (including phenoxy) is 1. The molecule has 6 atom stereocenters. The highest BCUT2D eigenvalue weighted by Gasteiger charge is 2.63. The van der Waals surface area contributed by atoms with Gasteiger partial charge in [0.05, 0.1) is 11.2 Å². The zero-order valence-electron chi connectivity index (χ0n) is 34.9. The summed E-state index contributed by atoms with van der Waals surface area (Å²) in [5, 5.41) is 10.2. The molecule has 2 saturated heterocycles. The maximum atomic E-state index is 13.8. The lowest BCUT2D eigenvalue weighted by Gasteiger charge is -2.40. The number of aromatic nitrogens is 1. The molecule has 0 aliphatic carbocycles. The van der Waals surface area contributed by atoms with Crippen molar-refractivity contribution >= 4 is 59.4 Å². The van der Waals surface area contributed by atoms with Crippen LogP contribution in [0.2, 0.25) is 5.04 Å². The number of benzene rings is 3. The Morgan fingerprint density at radius 2 is 1.54 bits per heavy atom. The van der Waals surface area contributed by atoms with E-state index in [1.54, 1.807) is 13.8 Å². The highest BCUT2D eigenvalue weighted by molar-refractivity contribution is 7.00. The van der Waals surface area contributed by atoms with Gasteiger partial charge in [-0.05, 0) is 84.5 Å². The second kappa shape index (κ2) is 17.6. The minimum Gasteiger partial charge on any atom is -0.455 e. The molecule has 2 fully saturated rings. The summed E-state index contributed by atoms with van der Waals surface area (Å²) < 4.78 is 13.4. The standard InChI is InChI=1S/C47H57N5O6Si/c1-30(2)43-44(54)48-31(3)45(55)52-28-14-21-39(51-52)46(56)57-32(4)38-25-24-34-23-22-33(29-40(34)49-38)15-13-20-37-41(26-27-42(53)50-43)58-59(47(37,5)6,35-16-9-7-10-17-35)36-18-11-8-12-19-36/h7-13,15-19,22-25,29-32,37,39,41,43,51H,14,20-21,26-28H2,1-6H3,(H,48,54)(H,50,53)/b15-13+/t31-,32+,37?,39-,41?,43-/m0/s1. The number of hydrogen-bond donors (Lipinski definition) is 3. The molecule has 0 saturated carbocycles. The number of carbonyl (C=O) groups excluding carboxylic acids is 4. The number of carbonyl (C=O) groups is 4. The number of allylic oxidation sites excluding steroid dienone is 1. The van der Waals surface area contributed by atoms with E-state index in [1.807, 2.05) is 50.2 Å². The van der Waals surface area contributed by atoms with Gasteiger partial charge in [-0.15, -0.1) is 0 Å². The van der Waals surface area contributed by atoms with Crippen molar-refractivity contribution in [2.45, 2.75) is 109 Å². The molecule has 3 aliphatic rings. The molecule has 310 valence electrons. The fourth-order valence-electron chi connectivity index (χ4n) is 9.20. The summed E-state index contributed by atoms with van der Waals surface area (Å²) >= 11 is 0. The highest BCUT2D eigenvalue weighted by Crippen LogP contribution is 2.55. The summed E-state index contributed by atoms with van der Waals surface area (Å²) in [5.41, 5.74) is 5.43. The summed E-state index contributed by atoms with van der Waals surface area (Å²) in [6.45, 7) is 12.2. The lowest BCUT2D eigenvalue weighted by atomic mass is 9.84. The molecule has 0 radical (unpaired) electrons. The van der Waals surface area contributed by atoms with Crippen LogP contribution < -0.4 is 26.4 Å². The minimum atomic E-state index is -2.93. The second-order valence-corrected chi connectivity index (χ2v) is 21.2. The third-order valence-corrected chi connectivity index (χ3v) is 17.6. The first-order chi connectivity index (χ1) is 28.3. The van der Waals surface area contributed by atoms with Crippen molar-refractivity contribution < 1.29 is 28.3 Å². The van der Waals surface area contributed by atoms with E-state index in [0.29, 0.717) is 37.9 Å². The number of nitrogens with one attached hydrogen (secondary N) is 3. The molecular weight excluding hydrogens is 759 g/mol. The molecule has 12 heteroatoms. The molecule has 7 rings (SSSR count). The van der Waals surface area contributed by atoms with Gasteiger partial charge in [-0.1, -0.05) is 119 Å². The first kappa shape index (κ1) is 42.0. The summed E-state index contributed by atoms with van der Waals surface area (Å²) in [5.74, 6) is -1.78. The van der Waals surface area contributed by atoms with E-state index in [9.17, 15) is 19.2 Å². The van der Waals surface area contributed by atoms with Gasteiger partial charge in [-0.2, -0.15) is 0 Å². The lowest BCUT2D eigenvalue weighted by Crippen LogP contribution is -2.64. The van der Waals surface area contributed by atoms with Crippen molar-refractivity contribution in [1.82, 2.24) is 26.1 Å². The zero-order chi connectivity index (χ0) is 41.9. The fraction of sp³-hybridized carbons (Fsp3) is 0.426. The molecule has 1 aromatic heterocycles. The van der Waals surface area contributed by atoms with Gasteiger partial charge in [0.25, 0.3) is 14.2 Å². The number of hydrazine groups is 1. The number of rotatable bonds is 3. The Morgan fingerprint density at radius 1 is 0.864 bits per heavy atom. The molecule has 4 aromatic rings. The van der Waals surface area contributed by atoms with Crippen LogP contribution in [0.4, 0.5) is 0 Å². The quantitative estimate of drug-likeness (QED) is 0.176. The first-order valence-corrected chi connectivity index (χ1v) is 22.9. The average molecular weight is 816 g/mol. The van der Waals surface area contributed by atoms with Gasteiger partial charge < -0.3 is 19.8 Å². The predicted molar refractivity (Wildman–Crippen MR) is 232 cm³/mol. The monoisotopic (exact) mass is 815 g/mol. The van der Waals surface area contributed by atoms with Crippen molar-refractivity contribution in [2.75, 3.05) is 6.54 Å². The molecule has 4 heterocycles.